The van der Waals surface area contributed by atoms with Crippen LogP contribution < -0.4 is 5.73 Å². The number of nitrogens with zero attached hydrogens (tertiary/aromatic N) is 1. The van der Waals surface area contributed by atoms with E-state index >= 15 is 0 Å². The van der Waals surface area contributed by atoms with E-state index < -0.39 is 9.84 Å². The van der Waals surface area contributed by atoms with Gasteiger partial charge in [-0.25, -0.2) is 8.42 Å². The molecule has 21 heavy (non-hydrogen) atoms. The summed E-state index contributed by atoms with van der Waals surface area (Å²) < 4.78 is 22.6. The van der Waals surface area contributed by atoms with Crippen molar-refractivity contribution >= 4 is 20.6 Å². The van der Waals surface area contributed by atoms with Crippen LogP contribution in [-0.2, 0) is 9.84 Å². The van der Waals surface area contributed by atoms with Gasteiger partial charge in [-0.05, 0) is 29.4 Å². The van der Waals surface area contributed by atoms with E-state index in [4.69, 9.17) is 5.73 Å². The molecule has 5 heteroatoms. The molecule has 1 atom stereocenters. The first-order valence-corrected chi connectivity index (χ1v) is 9.03. The highest BCUT2D eigenvalue weighted by atomic mass is 32.2. The van der Waals surface area contributed by atoms with E-state index in [2.05, 4.69) is 30.3 Å². The van der Waals surface area contributed by atoms with E-state index in [1.807, 2.05) is 24.1 Å². The molecule has 0 spiro atoms. The number of likely N-dealkylation sites (N-methyl/N-ethyl adjacent to an activating group) is 1. The fraction of sp³-hybridized carbons (Fsp3) is 0.375. The highest BCUT2D eigenvalue weighted by Gasteiger charge is 2.17. The van der Waals surface area contributed by atoms with Crippen LogP contribution in [0.15, 0.2) is 42.5 Å². The van der Waals surface area contributed by atoms with Crippen LogP contribution in [0.5, 0.6) is 0 Å². The molecule has 0 saturated heterocycles. The predicted molar refractivity (Wildman–Crippen MR) is 88.1 cm³/mol. The lowest BCUT2D eigenvalue weighted by Gasteiger charge is -2.27. The molecule has 0 aliphatic carbocycles. The first-order valence-electron chi connectivity index (χ1n) is 6.97. The minimum Gasteiger partial charge on any atom is -0.329 e. The number of nitrogens with two attached hydrogens (primary N) is 1. The Labute approximate surface area is 126 Å². The average molecular weight is 306 g/mol. The van der Waals surface area contributed by atoms with Crippen molar-refractivity contribution in [1.82, 2.24) is 4.90 Å². The van der Waals surface area contributed by atoms with Gasteiger partial charge in [0.05, 0.1) is 5.75 Å². The third kappa shape index (κ3) is 4.27. The number of benzene rings is 2. The van der Waals surface area contributed by atoms with Crippen LogP contribution in [0.1, 0.15) is 11.6 Å². The molecule has 0 bridgehead atoms. The van der Waals surface area contributed by atoms with Gasteiger partial charge in [-0.2, -0.15) is 0 Å². The summed E-state index contributed by atoms with van der Waals surface area (Å²) in [5.41, 5.74) is 7.02. The van der Waals surface area contributed by atoms with Gasteiger partial charge >= 0.3 is 0 Å². The Balaban J connectivity index is 2.22. The summed E-state index contributed by atoms with van der Waals surface area (Å²) in [4.78, 5) is 2.01. The second-order valence-electron chi connectivity index (χ2n) is 5.47. The first kappa shape index (κ1) is 15.9. The molecule has 114 valence electrons. The largest absolute Gasteiger partial charge is 0.329 e. The van der Waals surface area contributed by atoms with Crippen LogP contribution in [0, 0.1) is 0 Å². The molecule has 1 unspecified atom stereocenters. The fourth-order valence-corrected chi connectivity index (χ4v) is 3.07. The molecule has 0 radical (unpaired) electrons. The lowest BCUT2D eigenvalue weighted by molar-refractivity contribution is 0.264. The summed E-state index contributed by atoms with van der Waals surface area (Å²) in [7, 11) is -1.05. The average Bonchev–Trinajstić information content (AvgIpc) is 2.45. The fourth-order valence-electron chi connectivity index (χ4n) is 2.45. The number of fused-ring (bicyclic) bond motifs is 1. The maximum absolute atomic E-state index is 11.3. The van der Waals surface area contributed by atoms with Crippen molar-refractivity contribution in [2.75, 3.05) is 32.1 Å². The predicted octanol–water partition coefficient (Wildman–Crippen LogP) is 1.82. The highest BCUT2D eigenvalue weighted by Crippen LogP contribution is 2.23. The third-order valence-electron chi connectivity index (χ3n) is 3.73. The molecule has 0 fully saturated rings. The standard InChI is InChI=1S/C16H22N2O2S/c1-18(9-10-21(2,19)20)16(12-17)15-8-7-13-5-3-4-6-14(13)11-15/h3-8,11,16H,9-10,12,17H2,1-2H3. The van der Waals surface area contributed by atoms with E-state index in [-0.39, 0.29) is 11.8 Å². The van der Waals surface area contributed by atoms with Gasteiger partial charge in [0.25, 0.3) is 0 Å². The van der Waals surface area contributed by atoms with Crippen molar-refractivity contribution in [3.05, 3.63) is 48.0 Å². The lowest BCUT2D eigenvalue weighted by atomic mass is 10.0. The smallest absolute Gasteiger partial charge is 0.148 e. The number of hydrogen-bond donors (Lipinski definition) is 1. The minimum absolute atomic E-state index is 0.0244. The van der Waals surface area contributed by atoms with Crippen LogP contribution in [0.3, 0.4) is 0 Å². The van der Waals surface area contributed by atoms with E-state index in [9.17, 15) is 8.42 Å². The molecule has 0 aliphatic rings. The maximum Gasteiger partial charge on any atom is 0.148 e. The Bertz CT molecular complexity index is 713. The molecule has 0 aliphatic heterocycles. The molecule has 2 N–H and O–H groups in total. The first-order chi connectivity index (χ1) is 9.90. The van der Waals surface area contributed by atoms with Gasteiger partial charge < -0.3 is 5.73 Å². The second-order valence-corrected chi connectivity index (χ2v) is 7.73. The van der Waals surface area contributed by atoms with Gasteiger partial charge in [0.1, 0.15) is 9.84 Å². The van der Waals surface area contributed by atoms with Crippen molar-refractivity contribution in [2.45, 2.75) is 6.04 Å². The monoisotopic (exact) mass is 306 g/mol. The van der Waals surface area contributed by atoms with Crippen molar-refractivity contribution in [1.29, 1.82) is 0 Å². The van der Waals surface area contributed by atoms with Crippen molar-refractivity contribution in [3.63, 3.8) is 0 Å². The van der Waals surface area contributed by atoms with Gasteiger partial charge in [-0.3, -0.25) is 4.90 Å². The van der Waals surface area contributed by atoms with Crippen LogP contribution in [0.4, 0.5) is 0 Å². The topological polar surface area (TPSA) is 63.4 Å². The molecule has 0 saturated carbocycles. The Morgan fingerprint density at radius 3 is 2.43 bits per heavy atom. The summed E-state index contributed by atoms with van der Waals surface area (Å²) in [5, 5.41) is 2.36. The van der Waals surface area contributed by atoms with Crippen molar-refractivity contribution < 1.29 is 8.42 Å². The summed E-state index contributed by atoms with van der Waals surface area (Å²) in [6, 6.07) is 14.5. The molecular weight excluding hydrogens is 284 g/mol. The molecule has 0 aromatic heterocycles. The molecule has 4 nitrogen and oxygen atoms in total. The summed E-state index contributed by atoms with van der Waals surface area (Å²) in [6.07, 6.45) is 1.26. The zero-order chi connectivity index (χ0) is 15.5. The maximum atomic E-state index is 11.3. The zero-order valence-corrected chi connectivity index (χ0v) is 13.3. The van der Waals surface area contributed by atoms with Gasteiger partial charge in [-0.1, -0.05) is 36.4 Å². The highest BCUT2D eigenvalue weighted by molar-refractivity contribution is 7.90. The van der Waals surface area contributed by atoms with Gasteiger partial charge in [0.15, 0.2) is 0 Å². The quantitative estimate of drug-likeness (QED) is 0.884. The summed E-state index contributed by atoms with van der Waals surface area (Å²) >= 11 is 0. The molecule has 2 aromatic carbocycles. The van der Waals surface area contributed by atoms with Gasteiger partial charge in [-0.15, -0.1) is 0 Å². The lowest BCUT2D eigenvalue weighted by Crippen LogP contribution is -2.33. The molecule has 0 amide bonds. The Morgan fingerprint density at radius 1 is 1.14 bits per heavy atom. The number of hydrogen-bond acceptors (Lipinski definition) is 4. The Morgan fingerprint density at radius 2 is 1.81 bits per heavy atom. The summed E-state index contributed by atoms with van der Waals surface area (Å²) in [6.45, 7) is 0.937. The molecular formula is C16H22N2O2S. The van der Waals surface area contributed by atoms with Gasteiger partial charge in [0.2, 0.25) is 0 Å². The second kappa shape index (κ2) is 6.56. The normalized spacial score (nSPS) is 13.7. The van der Waals surface area contributed by atoms with Crippen molar-refractivity contribution in [3.8, 4) is 0 Å². The zero-order valence-electron chi connectivity index (χ0n) is 12.5. The number of rotatable bonds is 6. The van der Waals surface area contributed by atoms with E-state index in [1.165, 1.54) is 17.0 Å². The van der Waals surface area contributed by atoms with E-state index in [0.717, 1.165) is 5.56 Å². The Kier molecular flexibility index (Phi) is 4.98. The van der Waals surface area contributed by atoms with Crippen LogP contribution in [0.2, 0.25) is 0 Å². The number of sulfone groups is 1. The summed E-state index contributed by atoms with van der Waals surface area (Å²) in [5.74, 6) is 0.146. The van der Waals surface area contributed by atoms with Crippen LogP contribution in [-0.4, -0.2) is 45.5 Å². The molecule has 0 heterocycles. The van der Waals surface area contributed by atoms with E-state index in [1.54, 1.807) is 0 Å². The van der Waals surface area contributed by atoms with Crippen molar-refractivity contribution in [2.24, 2.45) is 5.73 Å². The Hall–Kier alpha value is -1.43. The SMILES string of the molecule is CN(CCS(C)(=O)=O)C(CN)c1ccc2ccccc2c1. The van der Waals surface area contributed by atoms with Crippen LogP contribution in [0.25, 0.3) is 10.8 Å². The third-order valence-corrected chi connectivity index (χ3v) is 4.65. The minimum atomic E-state index is -2.96. The molecule has 2 aromatic rings. The van der Waals surface area contributed by atoms with E-state index in [0.29, 0.717) is 13.1 Å². The molecule has 2 rings (SSSR count). The van der Waals surface area contributed by atoms with Gasteiger partial charge in [0, 0.05) is 25.4 Å². The van der Waals surface area contributed by atoms with Crippen LogP contribution >= 0.6 is 0 Å².